The van der Waals surface area contributed by atoms with Gasteiger partial charge in [0.1, 0.15) is 12.6 Å². The monoisotopic (exact) mass is 558 g/mol. The Morgan fingerprint density at radius 3 is 2.38 bits per heavy atom. The Morgan fingerprint density at radius 1 is 1.08 bits per heavy atom. The number of ether oxygens (including phenoxy) is 2. The molecule has 2 amide bonds. The van der Waals surface area contributed by atoms with Crippen molar-refractivity contribution < 1.29 is 33.8 Å². The van der Waals surface area contributed by atoms with E-state index in [4.69, 9.17) is 43.5 Å². The number of rotatable bonds is 9. The quantitative estimate of drug-likeness (QED) is 0.432. The number of hydrogen-bond donors (Lipinski definition) is 2. The topological polar surface area (TPSA) is 143 Å². The number of carboxylic acid groups (broad SMARTS) is 1. The summed E-state index contributed by atoms with van der Waals surface area (Å²) < 4.78 is 10.2. The van der Waals surface area contributed by atoms with E-state index >= 15 is 0 Å². The van der Waals surface area contributed by atoms with Crippen molar-refractivity contribution in [2.75, 3.05) is 46.4 Å². The lowest BCUT2D eigenvalue weighted by Crippen LogP contribution is -2.65. The van der Waals surface area contributed by atoms with Crippen LogP contribution in [-0.4, -0.2) is 108 Å². The second-order valence-corrected chi connectivity index (χ2v) is 10.1. The molecular weight excluding hydrogens is 527 g/mol. The molecule has 37 heavy (non-hydrogen) atoms. The van der Waals surface area contributed by atoms with Crippen LogP contribution in [0.5, 0.6) is 0 Å². The summed E-state index contributed by atoms with van der Waals surface area (Å²) in [5.74, 6) is -2.31. The molecular formula is C24H32Cl2N4O7. The van der Waals surface area contributed by atoms with E-state index in [-0.39, 0.29) is 38.1 Å². The van der Waals surface area contributed by atoms with Crippen LogP contribution in [0, 0.1) is 0 Å². The molecule has 1 aromatic carbocycles. The molecule has 204 valence electrons. The summed E-state index contributed by atoms with van der Waals surface area (Å²) in [6, 6.07) is 2.64. The van der Waals surface area contributed by atoms with E-state index in [9.17, 15) is 19.2 Å². The van der Waals surface area contributed by atoms with Crippen molar-refractivity contribution >= 4 is 47.1 Å². The fourth-order valence-corrected chi connectivity index (χ4v) is 4.96. The molecule has 3 rings (SSSR count). The second-order valence-electron chi connectivity index (χ2n) is 9.24. The summed E-state index contributed by atoms with van der Waals surface area (Å²) in [6.45, 7) is 2.40. The number of amides is 2. The van der Waals surface area contributed by atoms with Crippen LogP contribution in [0.1, 0.15) is 24.8 Å². The first kappa shape index (κ1) is 29.0. The highest BCUT2D eigenvalue weighted by molar-refractivity contribution is 6.42. The zero-order chi connectivity index (χ0) is 27.1. The molecule has 2 aliphatic rings. The highest BCUT2D eigenvalue weighted by Crippen LogP contribution is 2.25. The molecule has 0 aliphatic carbocycles. The third-order valence-corrected chi connectivity index (χ3v) is 7.29. The maximum atomic E-state index is 13.5. The molecule has 0 spiro atoms. The van der Waals surface area contributed by atoms with Gasteiger partial charge in [0.15, 0.2) is 0 Å². The van der Waals surface area contributed by atoms with Crippen LogP contribution in [0.4, 0.5) is 4.79 Å². The number of nitrogens with zero attached hydrogens (tertiary/aromatic N) is 3. The number of halogens is 2. The maximum absolute atomic E-state index is 13.5. The Balaban J connectivity index is 1.79. The fraction of sp³-hybridized carbons (Fsp3) is 0.583. The van der Waals surface area contributed by atoms with E-state index in [2.05, 4.69) is 4.90 Å². The summed E-state index contributed by atoms with van der Waals surface area (Å²) in [5.41, 5.74) is 6.29. The minimum Gasteiger partial charge on any atom is -0.481 e. The zero-order valence-corrected chi connectivity index (χ0v) is 22.1. The number of nitrogens with two attached hydrogens (primary N) is 1. The first-order valence-corrected chi connectivity index (χ1v) is 12.8. The van der Waals surface area contributed by atoms with E-state index in [0.717, 1.165) is 25.9 Å². The Hall–Kier alpha value is -2.60. The smallest absolute Gasteiger partial charge is 0.409 e. The van der Waals surface area contributed by atoms with Crippen molar-refractivity contribution in [3.8, 4) is 0 Å². The largest absolute Gasteiger partial charge is 0.481 e. The van der Waals surface area contributed by atoms with Gasteiger partial charge in [0.05, 0.1) is 42.1 Å². The van der Waals surface area contributed by atoms with Crippen molar-refractivity contribution in [3.63, 3.8) is 0 Å². The highest BCUT2D eigenvalue weighted by Gasteiger charge is 2.40. The average Bonchev–Trinajstić information content (AvgIpc) is 3.37. The van der Waals surface area contributed by atoms with Gasteiger partial charge < -0.3 is 30.1 Å². The third-order valence-electron chi connectivity index (χ3n) is 6.55. The number of likely N-dealkylation sites (tertiary alicyclic amines) is 1. The first-order chi connectivity index (χ1) is 17.6. The van der Waals surface area contributed by atoms with Crippen LogP contribution in [0.15, 0.2) is 18.2 Å². The highest BCUT2D eigenvalue weighted by atomic mass is 35.5. The lowest BCUT2D eigenvalue weighted by Gasteiger charge is -2.46. The van der Waals surface area contributed by atoms with Gasteiger partial charge in [0.2, 0.25) is 5.91 Å². The number of aliphatic carboxylic acids is 1. The Labute approximate surface area is 225 Å². The summed E-state index contributed by atoms with van der Waals surface area (Å²) in [6.07, 6.45) is 1.01. The fourth-order valence-electron chi connectivity index (χ4n) is 4.64. The van der Waals surface area contributed by atoms with Crippen LogP contribution in [0.3, 0.4) is 0 Å². The number of esters is 1. The van der Waals surface area contributed by atoms with E-state index < -0.39 is 36.5 Å². The SMILES string of the molecule is COC(=O)N1C[C@@H](CN2CCCC2)N(C(=O)Cc2ccc(Cl)c(Cl)c2)C[C@H]1COC(=O)[C@H](N)CC(=O)O. The van der Waals surface area contributed by atoms with Gasteiger partial charge in [-0.15, -0.1) is 0 Å². The van der Waals surface area contributed by atoms with Crippen molar-refractivity contribution in [2.45, 2.75) is 43.8 Å². The molecule has 11 nitrogen and oxygen atoms in total. The van der Waals surface area contributed by atoms with Crippen LogP contribution in [-0.2, 0) is 30.3 Å². The van der Waals surface area contributed by atoms with E-state index in [0.29, 0.717) is 22.2 Å². The normalized spacial score (nSPS) is 21.0. The molecule has 0 radical (unpaired) electrons. The van der Waals surface area contributed by atoms with E-state index in [1.807, 2.05) is 0 Å². The van der Waals surface area contributed by atoms with Crippen LogP contribution < -0.4 is 5.73 Å². The molecule has 0 aromatic heterocycles. The van der Waals surface area contributed by atoms with Crippen molar-refractivity contribution in [1.82, 2.24) is 14.7 Å². The lowest BCUT2D eigenvalue weighted by molar-refractivity contribution is -0.152. The van der Waals surface area contributed by atoms with Gasteiger partial charge in [-0.1, -0.05) is 29.3 Å². The van der Waals surface area contributed by atoms with Crippen LogP contribution in [0.2, 0.25) is 10.0 Å². The Morgan fingerprint density at radius 2 is 1.76 bits per heavy atom. The molecule has 3 atom stereocenters. The molecule has 2 saturated heterocycles. The van der Waals surface area contributed by atoms with Crippen LogP contribution in [0.25, 0.3) is 0 Å². The lowest BCUT2D eigenvalue weighted by atomic mass is 10.0. The number of carbonyl (C=O) groups excluding carboxylic acids is 3. The molecule has 2 aliphatic heterocycles. The van der Waals surface area contributed by atoms with Crippen LogP contribution >= 0.6 is 23.2 Å². The molecule has 0 bridgehead atoms. The zero-order valence-electron chi connectivity index (χ0n) is 20.6. The Kier molecular flexibility index (Phi) is 10.4. The molecule has 0 saturated carbocycles. The standard InChI is InChI=1S/C24H32Cl2N4O7/c1-36-24(35)30-12-16(11-28-6-2-3-7-28)29(21(31)9-15-4-5-18(25)19(26)8-15)13-17(30)14-37-23(34)20(27)10-22(32)33/h4-5,8,16-17,20H,2-3,6-7,9-14,27H2,1H3,(H,32,33)/t16-,17+,20-/m1/s1. The Bertz CT molecular complexity index is 1010. The molecule has 2 fully saturated rings. The number of piperazine rings is 1. The molecule has 13 heteroatoms. The maximum Gasteiger partial charge on any atom is 0.409 e. The first-order valence-electron chi connectivity index (χ1n) is 12.0. The van der Waals surface area contributed by atoms with Gasteiger partial charge in [0, 0.05) is 19.6 Å². The summed E-state index contributed by atoms with van der Waals surface area (Å²) in [7, 11) is 1.26. The molecule has 0 unspecified atom stereocenters. The summed E-state index contributed by atoms with van der Waals surface area (Å²) in [5, 5.41) is 9.61. The van der Waals surface area contributed by atoms with E-state index in [1.165, 1.54) is 12.0 Å². The van der Waals surface area contributed by atoms with Gasteiger partial charge in [0.25, 0.3) is 0 Å². The number of methoxy groups -OCH3 is 1. The van der Waals surface area contributed by atoms with Gasteiger partial charge in [-0.2, -0.15) is 0 Å². The minimum atomic E-state index is -1.34. The molecule has 3 N–H and O–H groups in total. The van der Waals surface area contributed by atoms with Gasteiger partial charge in [-0.3, -0.25) is 19.3 Å². The number of hydrogen-bond acceptors (Lipinski definition) is 8. The van der Waals surface area contributed by atoms with Gasteiger partial charge >= 0.3 is 18.0 Å². The summed E-state index contributed by atoms with van der Waals surface area (Å²) in [4.78, 5) is 54.6. The number of carboxylic acids is 1. The second kappa shape index (κ2) is 13.3. The average molecular weight is 559 g/mol. The predicted octanol–water partition coefficient (Wildman–Crippen LogP) is 1.62. The summed E-state index contributed by atoms with van der Waals surface area (Å²) >= 11 is 12.1. The van der Waals surface area contributed by atoms with Gasteiger partial charge in [-0.25, -0.2) is 4.79 Å². The van der Waals surface area contributed by atoms with Gasteiger partial charge in [-0.05, 0) is 43.6 Å². The predicted molar refractivity (Wildman–Crippen MR) is 135 cm³/mol. The van der Waals surface area contributed by atoms with E-state index in [1.54, 1.807) is 23.1 Å². The van der Waals surface area contributed by atoms with Crippen molar-refractivity contribution in [1.29, 1.82) is 0 Å². The van der Waals surface area contributed by atoms with Crippen molar-refractivity contribution in [2.24, 2.45) is 5.73 Å². The minimum absolute atomic E-state index is 0.0710. The van der Waals surface area contributed by atoms with Crippen molar-refractivity contribution in [3.05, 3.63) is 33.8 Å². The molecule has 2 heterocycles. The number of benzene rings is 1. The number of carbonyl (C=O) groups is 4. The third kappa shape index (κ3) is 7.94. The molecule has 1 aromatic rings.